The predicted octanol–water partition coefficient (Wildman–Crippen LogP) is 3.25. The summed E-state index contributed by atoms with van der Waals surface area (Å²) >= 11 is 0. The minimum Gasteiger partial charge on any atom is -0.385 e. The molecule has 164 valence electrons. The first kappa shape index (κ1) is 20.4. The summed E-state index contributed by atoms with van der Waals surface area (Å²) in [5, 5.41) is 15.7. The van der Waals surface area contributed by atoms with Crippen LogP contribution in [0.1, 0.15) is 66.0 Å². The lowest BCUT2D eigenvalue weighted by molar-refractivity contribution is 0.129. The van der Waals surface area contributed by atoms with E-state index in [-0.39, 0.29) is 5.56 Å². The van der Waals surface area contributed by atoms with E-state index in [9.17, 15) is 9.90 Å². The number of rotatable bonds is 4. The minimum atomic E-state index is -0.621. The highest BCUT2D eigenvalue weighted by molar-refractivity contribution is 5.80. The molecule has 2 aromatic heterocycles. The fourth-order valence-electron chi connectivity index (χ4n) is 5.11. The van der Waals surface area contributed by atoms with Gasteiger partial charge in [0.15, 0.2) is 5.58 Å². The average molecular weight is 423 g/mol. The van der Waals surface area contributed by atoms with Crippen LogP contribution < -0.4 is 5.56 Å². The summed E-state index contributed by atoms with van der Waals surface area (Å²) in [5.74, 6) is 0.952. The topological polar surface area (TPSA) is 84.4 Å². The SMILES string of the molecule is Cc1ccc2c(C3CCN(CCc4c(C)nc5n(c4=O)CCCC5O)CC3)noc2c1. The third kappa shape index (κ3) is 3.81. The summed E-state index contributed by atoms with van der Waals surface area (Å²) in [6, 6.07) is 6.29. The molecule has 2 aliphatic rings. The summed E-state index contributed by atoms with van der Waals surface area (Å²) in [7, 11) is 0. The Bertz CT molecular complexity index is 1160. The van der Waals surface area contributed by atoms with Gasteiger partial charge in [-0.15, -0.1) is 0 Å². The quantitative estimate of drug-likeness (QED) is 0.695. The number of hydrogen-bond donors (Lipinski definition) is 1. The van der Waals surface area contributed by atoms with Gasteiger partial charge in [0.1, 0.15) is 11.9 Å². The lowest BCUT2D eigenvalue weighted by atomic mass is 9.91. The molecule has 7 heteroatoms. The molecule has 1 atom stereocenters. The van der Waals surface area contributed by atoms with Gasteiger partial charge >= 0.3 is 0 Å². The maximum absolute atomic E-state index is 13.0. The molecule has 0 spiro atoms. The lowest BCUT2D eigenvalue weighted by Gasteiger charge is -2.31. The number of benzene rings is 1. The van der Waals surface area contributed by atoms with E-state index in [1.54, 1.807) is 4.57 Å². The van der Waals surface area contributed by atoms with Gasteiger partial charge in [-0.2, -0.15) is 0 Å². The van der Waals surface area contributed by atoms with Crippen molar-refractivity contribution in [2.75, 3.05) is 19.6 Å². The number of fused-ring (bicyclic) bond motifs is 2. The smallest absolute Gasteiger partial charge is 0.257 e. The molecule has 1 unspecified atom stereocenters. The Morgan fingerprint density at radius 2 is 1.97 bits per heavy atom. The second-order valence-corrected chi connectivity index (χ2v) is 9.08. The van der Waals surface area contributed by atoms with Gasteiger partial charge < -0.3 is 14.5 Å². The van der Waals surface area contributed by atoms with Crippen LogP contribution >= 0.6 is 0 Å². The van der Waals surface area contributed by atoms with Crippen LogP contribution in [0.25, 0.3) is 11.0 Å². The maximum Gasteiger partial charge on any atom is 0.257 e. The van der Waals surface area contributed by atoms with E-state index in [1.165, 1.54) is 5.56 Å². The van der Waals surface area contributed by atoms with Gasteiger partial charge in [0.2, 0.25) is 0 Å². The van der Waals surface area contributed by atoms with Crippen LogP contribution in [0.5, 0.6) is 0 Å². The number of aryl methyl sites for hydroxylation is 2. The summed E-state index contributed by atoms with van der Waals surface area (Å²) in [6.07, 6.45) is 3.67. The van der Waals surface area contributed by atoms with E-state index in [2.05, 4.69) is 34.1 Å². The van der Waals surface area contributed by atoms with Crippen molar-refractivity contribution in [1.82, 2.24) is 19.6 Å². The largest absolute Gasteiger partial charge is 0.385 e. The fraction of sp³-hybridized carbons (Fsp3) is 0.542. The van der Waals surface area contributed by atoms with Crippen molar-refractivity contribution in [3.63, 3.8) is 0 Å². The second-order valence-electron chi connectivity index (χ2n) is 9.08. The van der Waals surface area contributed by atoms with E-state index >= 15 is 0 Å². The fourth-order valence-corrected chi connectivity index (χ4v) is 5.11. The first-order valence-corrected chi connectivity index (χ1v) is 11.4. The van der Waals surface area contributed by atoms with Crippen molar-refractivity contribution < 1.29 is 9.63 Å². The number of nitrogens with zero attached hydrogens (tertiary/aromatic N) is 4. The number of likely N-dealkylation sites (tertiary alicyclic amines) is 1. The molecule has 1 fully saturated rings. The van der Waals surface area contributed by atoms with Gasteiger partial charge in [-0.3, -0.25) is 9.36 Å². The third-order valence-corrected chi connectivity index (χ3v) is 6.96. The molecule has 3 aromatic rings. The molecular weight excluding hydrogens is 392 g/mol. The number of aromatic nitrogens is 3. The molecule has 4 heterocycles. The molecule has 0 amide bonds. The first-order valence-electron chi connectivity index (χ1n) is 11.4. The van der Waals surface area contributed by atoms with Crippen molar-refractivity contribution in [2.45, 2.75) is 64.5 Å². The standard InChI is InChI=1S/C24H30N4O3/c1-15-5-6-19-21(14-15)31-26-22(19)17-7-11-27(12-8-17)13-9-18-16(2)25-23-20(29)4-3-10-28(23)24(18)30/h5-6,14,17,20,29H,3-4,7-13H2,1-2H3. The molecule has 1 saturated heterocycles. The maximum atomic E-state index is 13.0. The van der Waals surface area contributed by atoms with E-state index in [0.717, 1.165) is 66.8 Å². The average Bonchev–Trinajstić information content (AvgIpc) is 3.18. The van der Waals surface area contributed by atoms with Crippen molar-refractivity contribution in [2.24, 2.45) is 0 Å². The van der Waals surface area contributed by atoms with Crippen molar-refractivity contribution in [1.29, 1.82) is 0 Å². The Kier molecular flexibility index (Phi) is 5.40. The third-order valence-electron chi connectivity index (χ3n) is 6.96. The van der Waals surface area contributed by atoms with Gasteiger partial charge in [-0.25, -0.2) is 4.98 Å². The van der Waals surface area contributed by atoms with E-state index < -0.39 is 6.10 Å². The number of piperidine rings is 1. The Hall–Kier alpha value is -2.51. The van der Waals surface area contributed by atoms with Crippen LogP contribution in [-0.2, 0) is 13.0 Å². The van der Waals surface area contributed by atoms with Crippen LogP contribution in [0, 0.1) is 13.8 Å². The van der Waals surface area contributed by atoms with E-state index in [1.807, 2.05) is 13.0 Å². The van der Waals surface area contributed by atoms with Gasteiger partial charge in [0.25, 0.3) is 5.56 Å². The summed E-state index contributed by atoms with van der Waals surface area (Å²) < 4.78 is 7.25. The molecule has 5 rings (SSSR count). The second kappa shape index (κ2) is 8.20. The lowest BCUT2D eigenvalue weighted by Crippen LogP contribution is -2.37. The highest BCUT2D eigenvalue weighted by Crippen LogP contribution is 2.33. The van der Waals surface area contributed by atoms with E-state index in [4.69, 9.17) is 4.52 Å². The Labute approximate surface area is 181 Å². The monoisotopic (exact) mass is 422 g/mol. The summed E-state index contributed by atoms with van der Waals surface area (Å²) in [6.45, 7) is 7.44. The van der Waals surface area contributed by atoms with E-state index in [0.29, 0.717) is 31.1 Å². The van der Waals surface area contributed by atoms with Crippen LogP contribution in [0.4, 0.5) is 0 Å². The van der Waals surface area contributed by atoms with Crippen molar-refractivity contribution >= 4 is 11.0 Å². The molecule has 0 aliphatic carbocycles. The zero-order valence-corrected chi connectivity index (χ0v) is 18.3. The molecule has 2 aliphatic heterocycles. The van der Waals surface area contributed by atoms with Crippen molar-refractivity contribution in [3.05, 3.63) is 56.9 Å². The molecule has 0 saturated carbocycles. The number of aliphatic hydroxyl groups is 1. The van der Waals surface area contributed by atoms with Gasteiger partial charge in [0.05, 0.1) is 5.69 Å². The number of hydrogen-bond acceptors (Lipinski definition) is 6. The van der Waals surface area contributed by atoms with Gasteiger partial charge in [-0.1, -0.05) is 11.2 Å². The van der Waals surface area contributed by atoms with Crippen LogP contribution in [0.2, 0.25) is 0 Å². The molecular formula is C24H30N4O3. The highest BCUT2D eigenvalue weighted by Gasteiger charge is 2.26. The molecule has 31 heavy (non-hydrogen) atoms. The van der Waals surface area contributed by atoms with Crippen LogP contribution in [0.3, 0.4) is 0 Å². The first-order chi connectivity index (χ1) is 15.0. The minimum absolute atomic E-state index is 0.0282. The van der Waals surface area contributed by atoms with Crippen LogP contribution in [0.15, 0.2) is 27.5 Å². The highest BCUT2D eigenvalue weighted by atomic mass is 16.5. The molecule has 1 aromatic carbocycles. The van der Waals surface area contributed by atoms with Crippen LogP contribution in [-0.4, -0.2) is 44.3 Å². The normalized spacial score (nSPS) is 20.3. The molecule has 0 radical (unpaired) electrons. The summed E-state index contributed by atoms with van der Waals surface area (Å²) in [4.78, 5) is 20.0. The molecule has 7 nitrogen and oxygen atoms in total. The molecule has 1 N–H and O–H groups in total. The Morgan fingerprint density at radius 1 is 1.16 bits per heavy atom. The zero-order chi connectivity index (χ0) is 21.5. The Morgan fingerprint density at radius 3 is 2.77 bits per heavy atom. The van der Waals surface area contributed by atoms with Gasteiger partial charge in [0, 0.05) is 35.7 Å². The molecule has 0 bridgehead atoms. The predicted molar refractivity (Wildman–Crippen MR) is 118 cm³/mol. The number of aliphatic hydroxyl groups excluding tert-OH is 1. The zero-order valence-electron chi connectivity index (χ0n) is 18.3. The Balaban J connectivity index is 1.24. The summed E-state index contributed by atoms with van der Waals surface area (Å²) in [5.41, 5.74) is 4.72. The van der Waals surface area contributed by atoms with Crippen molar-refractivity contribution in [3.8, 4) is 0 Å². The van der Waals surface area contributed by atoms with Gasteiger partial charge in [-0.05, 0) is 76.7 Å².